The van der Waals surface area contributed by atoms with E-state index >= 15 is 0 Å². The predicted octanol–water partition coefficient (Wildman–Crippen LogP) is 3.02. The Labute approximate surface area is 187 Å². The molecule has 3 aliphatic rings. The van der Waals surface area contributed by atoms with Crippen molar-refractivity contribution in [2.45, 2.75) is 51.4 Å². The molecular weight excluding hydrogens is 408 g/mol. The number of imidazole rings is 1. The maximum absolute atomic E-state index is 10.7. The second-order valence-electron chi connectivity index (χ2n) is 8.50. The van der Waals surface area contributed by atoms with Gasteiger partial charge in [0.05, 0.1) is 23.2 Å². The van der Waals surface area contributed by atoms with E-state index in [1.807, 2.05) is 0 Å². The summed E-state index contributed by atoms with van der Waals surface area (Å²) in [6.07, 6.45) is 12.0. The molecule has 7 nitrogen and oxygen atoms in total. The van der Waals surface area contributed by atoms with E-state index in [0.29, 0.717) is 6.54 Å². The van der Waals surface area contributed by atoms with Gasteiger partial charge in [-0.1, -0.05) is 12.1 Å². The van der Waals surface area contributed by atoms with E-state index in [1.54, 1.807) is 11.3 Å². The third-order valence-corrected chi connectivity index (χ3v) is 6.99. The maximum Gasteiger partial charge on any atom is 0.160 e. The van der Waals surface area contributed by atoms with Gasteiger partial charge < -0.3 is 14.6 Å². The van der Waals surface area contributed by atoms with Gasteiger partial charge in [-0.25, -0.2) is 9.98 Å². The molecule has 8 heteroatoms. The monoisotopic (exact) mass is 438 g/mol. The topological polar surface area (TPSA) is 68.9 Å². The molecule has 3 aliphatic heterocycles. The molecule has 5 rings (SSSR count). The van der Waals surface area contributed by atoms with E-state index in [0.717, 1.165) is 60.4 Å². The Morgan fingerprint density at radius 3 is 2.90 bits per heavy atom. The number of hydrazine groups is 1. The van der Waals surface area contributed by atoms with Crippen LogP contribution in [0.25, 0.3) is 10.6 Å². The van der Waals surface area contributed by atoms with Gasteiger partial charge in [0.25, 0.3) is 0 Å². The number of aliphatic imine (C=N–C) groups is 1. The molecule has 0 aliphatic carbocycles. The number of nitrogens with zero attached hydrogens (tertiary/aromatic N) is 5. The fourth-order valence-electron chi connectivity index (χ4n) is 4.51. The Bertz CT molecular complexity index is 986. The van der Waals surface area contributed by atoms with Crippen LogP contribution < -0.4 is 5.43 Å². The number of hydrogen-bond acceptors (Lipinski definition) is 7. The van der Waals surface area contributed by atoms with Crippen molar-refractivity contribution in [1.29, 1.82) is 0 Å². The van der Waals surface area contributed by atoms with Gasteiger partial charge in [0.15, 0.2) is 6.17 Å². The SMILES string of the molecule is CC1=CC=CC2N=C(CCc3nc(-c4cccs4)cn3C[C@@H](O)CN3CCCC3)NN12. The molecule has 5 heterocycles. The first-order valence-corrected chi connectivity index (χ1v) is 12.0. The minimum atomic E-state index is -0.393. The number of aryl methyl sites for hydroxylation is 1. The molecule has 0 aromatic carbocycles. The van der Waals surface area contributed by atoms with E-state index < -0.39 is 6.10 Å². The largest absolute Gasteiger partial charge is 0.390 e. The first-order valence-electron chi connectivity index (χ1n) is 11.1. The molecule has 0 saturated carbocycles. The fraction of sp³-hybridized carbons (Fsp3) is 0.478. The Morgan fingerprint density at radius 2 is 2.13 bits per heavy atom. The highest BCUT2D eigenvalue weighted by Gasteiger charge is 2.26. The molecule has 1 unspecified atom stereocenters. The van der Waals surface area contributed by atoms with Gasteiger partial charge in [-0.15, -0.1) is 11.3 Å². The summed E-state index contributed by atoms with van der Waals surface area (Å²) in [6, 6.07) is 4.15. The maximum atomic E-state index is 10.7. The van der Waals surface area contributed by atoms with Crippen molar-refractivity contribution >= 4 is 17.2 Å². The molecule has 0 spiro atoms. The van der Waals surface area contributed by atoms with E-state index in [9.17, 15) is 5.11 Å². The van der Waals surface area contributed by atoms with Gasteiger partial charge in [-0.3, -0.25) is 10.4 Å². The van der Waals surface area contributed by atoms with E-state index in [-0.39, 0.29) is 6.17 Å². The van der Waals surface area contributed by atoms with Gasteiger partial charge >= 0.3 is 0 Å². The molecule has 2 aromatic rings. The molecule has 31 heavy (non-hydrogen) atoms. The van der Waals surface area contributed by atoms with Crippen molar-refractivity contribution in [3.8, 4) is 10.6 Å². The normalized spacial score (nSPS) is 21.7. The Balaban J connectivity index is 1.28. The average Bonchev–Trinajstić information content (AvgIpc) is 3.53. The summed E-state index contributed by atoms with van der Waals surface area (Å²) in [4.78, 5) is 13.3. The molecule has 0 amide bonds. The van der Waals surface area contributed by atoms with Crippen LogP contribution in [0.1, 0.15) is 32.0 Å². The molecular formula is C23H30N6OS. The highest BCUT2D eigenvalue weighted by atomic mass is 32.1. The van der Waals surface area contributed by atoms with Gasteiger partial charge in [0, 0.05) is 31.3 Å². The number of nitrogens with one attached hydrogen (secondary N) is 1. The van der Waals surface area contributed by atoms with Crippen molar-refractivity contribution in [1.82, 2.24) is 24.9 Å². The molecule has 1 fully saturated rings. The second-order valence-corrected chi connectivity index (χ2v) is 9.45. The fourth-order valence-corrected chi connectivity index (χ4v) is 5.19. The van der Waals surface area contributed by atoms with Gasteiger partial charge in [-0.05, 0) is 56.5 Å². The summed E-state index contributed by atoms with van der Waals surface area (Å²) in [5.41, 5.74) is 5.58. The summed E-state index contributed by atoms with van der Waals surface area (Å²) in [5.74, 6) is 1.98. The van der Waals surface area contributed by atoms with Crippen molar-refractivity contribution in [2.24, 2.45) is 4.99 Å². The van der Waals surface area contributed by atoms with Crippen LogP contribution in [-0.4, -0.2) is 62.3 Å². The third kappa shape index (κ3) is 4.61. The molecule has 0 radical (unpaired) electrons. The Kier molecular flexibility index (Phi) is 5.93. The number of aliphatic hydroxyl groups excluding tert-OH is 1. The zero-order valence-corrected chi connectivity index (χ0v) is 18.8. The summed E-state index contributed by atoms with van der Waals surface area (Å²) >= 11 is 1.70. The van der Waals surface area contributed by atoms with Crippen molar-refractivity contribution < 1.29 is 5.11 Å². The second kappa shape index (κ2) is 8.98. The van der Waals surface area contributed by atoms with Crippen LogP contribution in [0.4, 0.5) is 0 Å². The standard InChI is InChI=1S/C23H30N6OS/c1-17-6-4-8-23-25-21(26-29(17)23)9-10-22-24-19(20-7-5-13-31-20)16-28(22)15-18(30)14-27-11-2-3-12-27/h4-8,13,16,18,23,30H,2-3,9-12,14-15H2,1H3,(H,25,26)/t18-,23?/m0/s1. The summed E-state index contributed by atoms with van der Waals surface area (Å²) < 4.78 is 2.14. The molecule has 2 N–H and O–H groups in total. The van der Waals surface area contributed by atoms with Crippen LogP contribution in [-0.2, 0) is 13.0 Å². The number of amidine groups is 1. The summed E-state index contributed by atoms with van der Waals surface area (Å²) in [7, 11) is 0. The first kappa shape index (κ1) is 20.5. The van der Waals surface area contributed by atoms with E-state index in [2.05, 4.69) is 68.8 Å². The minimum Gasteiger partial charge on any atom is -0.390 e. The number of β-amino-alcohol motifs (C(OH)–C–C–N with tert-alkyl or cyclic N) is 1. The highest BCUT2D eigenvalue weighted by Crippen LogP contribution is 2.25. The smallest absolute Gasteiger partial charge is 0.160 e. The molecule has 1 saturated heterocycles. The van der Waals surface area contributed by atoms with Crippen LogP contribution in [0.2, 0.25) is 0 Å². The molecule has 2 aromatic heterocycles. The van der Waals surface area contributed by atoms with Crippen molar-refractivity contribution in [3.05, 3.63) is 53.5 Å². The summed E-state index contributed by atoms with van der Waals surface area (Å²) in [5, 5.41) is 14.9. The lowest BCUT2D eigenvalue weighted by Gasteiger charge is -2.26. The number of likely N-dealkylation sites (tertiary alicyclic amines) is 1. The number of aromatic nitrogens is 2. The Morgan fingerprint density at radius 1 is 1.26 bits per heavy atom. The number of fused-ring (bicyclic) bond motifs is 1. The number of aliphatic hydroxyl groups is 1. The van der Waals surface area contributed by atoms with Crippen LogP contribution in [0, 0.1) is 0 Å². The number of hydrogen-bond donors (Lipinski definition) is 2. The van der Waals surface area contributed by atoms with Crippen LogP contribution in [0.5, 0.6) is 0 Å². The molecule has 2 atom stereocenters. The molecule has 164 valence electrons. The highest BCUT2D eigenvalue weighted by molar-refractivity contribution is 7.13. The van der Waals surface area contributed by atoms with Gasteiger partial charge in [0.1, 0.15) is 11.7 Å². The lowest BCUT2D eigenvalue weighted by Crippen LogP contribution is -2.39. The number of rotatable bonds is 8. The zero-order valence-electron chi connectivity index (χ0n) is 17.9. The van der Waals surface area contributed by atoms with Gasteiger partial charge in [-0.2, -0.15) is 0 Å². The zero-order chi connectivity index (χ0) is 21.2. The van der Waals surface area contributed by atoms with E-state index in [1.165, 1.54) is 12.8 Å². The predicted molar refractivity (Wildman–Crippen MR) is 125 cm³/mol. The summed E-state index contributed by atoms with van der Waals surface area (Å²) in [6.45, 7) is 5.58. The van der Waals surface area contributed by atoms with Gasteiger partial charge in [0.2, 0.25) is 0 Å². The molecule has 0 bridgehead atoms. The lowest BCUT2D eigenvalue weighted by molar-refractivity contribution is 0.108. The first-order chi connectivity index (χ1) is 15.2. The average molecular weight is 439 g/mol. The van der Waals surface area contributed by atoms with Crippen molar-refractivity contribution in [3.63, 3.8) is 0 Å². The van der Waals surface area contributed by atoms with Crippen LogP contribution in [0.15, 0.2) is 52.6 Å². The quantitative estimate of drug-likeness (QED) is 0.663. The number of thiophene rings is 1. The Hall–Kier alpha value is -2.42. The van der Waals surface area contributed by atoms with E-state index in [4.69, 9.17) is 9.98 Å². The lowest BCUT2D eigenvalue weighted by atomic mass is 10.2. The number of allylic oxidation sites excluding steroid dienone is 3. The minimum absolute atomic E-state index is 0.0451. The third-order valence-electron chi connectivity index (χ3n) is 6.10. The van der Waals surface area contributed by atoms with Crippen LogP contribution in [0.3, 0.4) is 0 Å². The van der Waals surface area contributed by atoms with Crippen molar-refractivity contribution in [2.75, 3.05) is 19.6 Å². The van der Waals surface area contributed by atoms with Crippen LogP contribution >= 0.6 is 11.3 Å².